The fourth-order valence-corrected chi connectivity index (χ4v) is 4.71. The Morgan fingerprint density at radius 2 is 2.00 bits per heavy atom. The van der Waals surface area contributed by atoms with Crippen molar-refractivity contribution in [2.45, 2.75) is 38.3 Å². The van der Waals surface area contributed by atoms with E-state index in [2.05, 4.69) is 30.8 Å². The van der Waals surface area contributed by atoms with E-state index in [9.17, 15) is 18.4 Å². The van der Waals surface area contributed by atoms with Crippen LogP contribution in [0, 0.1) is 23.5 Å². The van der Waals surface area contributed by atoms with Gasteiger partial charge in [-0.05, 0) is 56.4 Å². The van der Waals surface area contributed by atoms with Crippen LogP contribution in [0.3, 0.4) is 0 Å². The Morgan fingerprint density at radius 3 is 2.73 bits per heavy atom. The number of amides is 2. The summed E-state index contributed by atoms with van der Waals surface area (Å²) in [5.41, 5.74) is 0.707. The van der Waals surface area contributed by atoms with Crippen molar-refractivity contribution < 1.29 is 18.4 Å². The van der Waals surface area contributed by atoms with Crippen LogP contribution in [0.15, 0.2) is 48.8 Å². The molecule has 1 saturated heterocycles. The van der Waals surface area contributed by atoms with Gasteiger partial charge in [-0.25, -0.2) is 13.5 Å². The Labute approximate surface area is 213 Å². The van der Waals surface area contributed by atoms with Crippen molar-refractivity contribution in [1.82, 2.24) is 35.5 Å². The second-order valence-corrected chi connectivity index (χ2v) is 9.81. The highest BCUT2D eigenvalue weighted by molar-refractivity contribution is 5.92. The zero-order valence-electron chi connectivity index (χ0n) is 20.5. The number of hydrogen-bond acceptors (Lipinski definition) is 6. The van der Waals surface area contributed by atoms with Crippen molar-refractivity contribution >= 4 is 11.8 Å². The van der Waals surface area contributed by atoms with Gasteiger partial charge in [-0.1, -0.05) is 11.3 Å². The maximum atomic E-state index is 14.1. The van der Waals surface area contributed by atoms with Gasteiger partial charge in [0.2, 0.25) is 5.91 Å². The van der Waals surface area contributed by atoms with E-state index in [0.717, 1.165) is 35.6 Å². The van der Waals surface area contributed by atoms with Gasteiger partial charge in [-0.2, -0.15) is 0 Å². The standard InChI is InChI=1S/C26H29F2N7O2/c1-16(21-4-2-3-10-29-21)30-25(36)19-14-34(13-17-5-6-17)11-9-22(19)31-26(37)23-15-35(33-32-23)24-8-7-18(27)12-20(24)28/h2-4,7-8,10,12,15-17,19,22H,5-6,9,11,13-14H2,1H3,(H,30,36)(H,31,37)/t16-,19-,22-/m1/s1. The monoisotopic (exact) mass is 509 g/mol. The minimum atomic E-state index is -0.821. The zero-order valence-corrected chi connectivity index (χ0v) is 20.5. The van der Waals surface area contributed by atoms with Gasteiger partial charge >= 0.3 is 0 Å². The summed E-state index contributed by atoms with van der Waals surface area (Å²) >= 11 is 0. The van der Waals surface area contributed by atoms with Gasteiger partial charge in [0.1, 0.15) is 11.5 Å². The van der Waals surface area contributed by atoms with Gasteiger partial charge in [-0.3, -0.25) is 14.6 Å². The third-order valence-corrected chi connectivity index (χ3v) is 6.94. The first-order chi connectivity index (χ1) is 17.9. The first-order valence-corrected chi connectivity index (χ1v) is 12.5. The maximum absolute atomic E-state index is 14.1. The lowest BCUT2D eigenvalue weighted by molar-refractivity contribution is -0.128. The molecule has 2 amide bonds. The molecule has 9 nitrogen and oxygen atoms in total. The van der Waals surface area contributed by atoms with E-state index < -0.39 is 29.5 Å². The molecule has 3 aromatic rings. The normalized spacial score (nSPS) is 20.8. The molecule has 37 heavy (non-hydrogen) atoms. The molecule has 194 valence electrons. The average molecular weight is 510 g/mol. The van der Waals surface area contributed by atoms with Crippen LogP contribution in [0.4, 0.5) is 8.78 Å². The van der Waals surface area contributed by atoms with Crippen LogP contribution in [-0.2, 0) is 4.79 Å². The highest BCUT2D eigenvalue weighted by atomic mass is 19.1. The van der Waals surface area contributed by atoms with Crippen molar-refractivity contribution in [2.24, 2.45) is 11.8 Å². The molecule has 1 aliphatic heterocycles. The number of carbonyl (C=O) groups is 2. The number of halogens is 2. The third kappa shape index (κ3) is 5.99. The Kier molecular flexibility index (Phi) is 7.22. The number of aromatic nitrogens is 4. The molecule has 2 fully saturated rings. The summed E-state index contributed by atoms with van der Waals surface area (Å²) in [6.07, 6.45) is 6.01. The maximum Gasteiger partial charge on any atom is 0.273 e. The second-order valence-electron chi connectivity index (χ2n) is 9.81. The largest absolute Gasteiger partial charge is 0.348 e. The summed E-state index contributed by atoms with van der Waals surface area (Å²) in [6.45, 7) is 4.15. The van der Waals surface area contributed by atoms with Gasteiger partial charge in [0.25, 0.3) is 5.91 Å². The summed E-state index contributed by atoms with van der Waals surface area (Å²) in [5, 5.41) is 13.7. The smallest absolute Gasteiger partial charge is 0.273 e. The van der Waals surface area contributed by atoms with Crippen LogP contribution in [0.2, 0.25) is 0 Å². The molecule has 5 rings (SSSR count). The molecule has 1 saturated carbocycles. The number of likely N-dealkylation sites (tertiary alicyclic amines) is 1. The van der Waals surface area contributed by atoms with Gasteiger partial charge in [0.15, 0.2) is 11.5 Å². The van der Waals surface area contributed by atoms with Crippen molar-refractivity contribution in [3.05, 3.63) is 71.8 Å². The first-order valence-electron chi connectivity index (χ1n) is 12.5. The molecule has 0 bridgehead atoms. The van der Waals surface area contributed by atoms with Crippen LogP contribution in [0.1, 0.15) is 48.4 Å². The Hall–Kier alpha value is -3.73. The molecule has 11 heteroatoms. The topological polar surface area (TPSA) is 105 Å². The fourth-order valence-electron chi connectivity index (χ4n) is 4.71. The Balaban J connectivity index is 1.29. The van der Waals surface area contributed by atoms with Crippen LogP contribution >= 0.6 is 0 Å². The quantitative estimate of drug-likeness (QED) is 0.484. The third-order valence-electron chi connectivity index (χ3n) is 6.94. The lowest BCUT2D eigenvalue weighted by Gasteiger charge is -2.38. The number of nitrogens with one attached hydrogen (secondary N) is 2. The van der Waals surface area contributed by atoms with E-state index in [4.69, 9.17) is 0 Å². The minimum Gasteiger partial charge on any atom is -0.348 e. The van der Waals surface area contributed by atoms with Crippen molar-refractivity contribution in [2.75, 3.05) is 19.6 Å². The molecule has 0 radical (unpaired) electrons. The van der Waals surface area contributed by atoms with E-state index >= 15 is 0 Å². The van der Waals surface area contributed by atoms with Crippen molar-refractivity contribution in [3.8, 4) is 5.69 Å². The molecular formula is C26H29F2N7O2. The van der Waals surface area contributed by atoms with Crippen LogP contribution < -0.4 is 10.6 Å². The highest BCUT2D eigenvalue weighted by Crippen LogP contribution is 2.31. The second kappa shape index (κ2) is 10.7. The van der Waals surface area contributed by atoms with E-state index in [-0.39, 0.29) is 23.3 Å². The molecule has 1 aliphatic carbocycles. The van der Waals surface area contributed by atoms with Gasteiger partial charge in [-0.15, -0.1) is 5.10 Å². The number of nitrogens with zero attached hydrogens (tertiary/aromatic N) is 5. The fraction of sp³-hybridized carbons (Fsp3) is 0.423. The number of pyridine rings is 1. The molecule has 3 heterocycles. The summed E-state index contributed by atoms with van der Waals surface area (Å²) in [7, 11) is 0. The van der Waals surface area contributed by atoms with Gasteiger partial charge in [0.05, 0.1) is 23.9 Å². The Morgan fingerprint density at radius 1 is 1.16 bits per heavy atom. The predicted molar refractivity (Wildman–Crippen MR) is 131 cm³/mol. The molecule has 1 aromatic carbocycles. The number of carbonyl (C=O) groups excluding carboxylic acids is 2. The molecule has 0 spiro atoms. The van der Waals surface area contributed by atoms with Gasteiger partial charge in [0, 0.05) is 37.9 Å². The molecular weight excluding hydrogens is 480 g/mol. The summed E-state index contributed by atoms with van der Waals surface area (Å²) in [5.74, 6) is -1.98. The van der Waals surface area contributed by atoms with E-state index in [1.165, 1.54) is 25.1 Å². The molecule has 2 N–H and O–H groups in total. The number of benzene rings is 1. The highest BCUT2D eigenvalue weighted by Gasteiger charge is 2.38. The molecule has 3 atom stereocenters. The minimum absolute atomic E-state index is 0.0230. The van der Waals surface area contributed by atoms with E-state index in [1.54, 1.807) is 6.20 Å². The summed E-state index contributed by atoms with van der Waals surface area (Å²) in [6, 6.07) is 7.92. The SMILES string of the molecule is C[C@@H](NC(=O)[C@@H]1CN(CC2CC2)CC[C@H]1NC(=O)c1cn(-c2ccc(F)cc2F)nn1)c1ccccn1. The summed E-state index contributed by atoms with van der Waals surface area (Å²) < 4.78 is 28.5. The number of rotatable bonds is 8. The van der Waals surface area contributed by atoms with E-state index in [1.807, 2.05) is 25.1 Å². The molecule has 0 unspecified atom stereocenters. The lowest BCUT2D eigenvalue weighted by Crippen LogP contribution is -2.56. The lowest BCUT2D eigenvalue weighted by atomic mass is 9.90. The first kappa shape index (κ1) is 24.9. The number of hydrogen-bond donors (Lipinski definition) is 2. The predicted octanol–water partition coefficient (Wildman–Crippen LogP) is 2.65. The number of piperidine rings is 1. The van der Waals surface area contributed by atoms with E-state index in [0.29, 0.717) is 18.9 Å². The van der Waals surface area contributed by atoms with Crippen LogP contribution in [0.5, 0.6) is 0 Å². The van der Waals surface area contributed by atoms with Crippen molar-refractivity contribution in [3.63, 3.8) is 0 Å². The summed E-state index contributed by atoms with van der Waals surface area (Å²) in [4.78, 5) is 33.1. The van der Waals surface area contributed by atoms with Crippen molar-refractivity contribution in [1.29, 1.82) is 0 Å². The van der Waals surface area contributed by atoms with Gasteiger partial charge < -0.3 is 15.5 Å². The zero-order chi connectivity index (χ0) is 25.9. The van der Waals surface area contributed by atoms with Crippen LogP contribution in [-0.4, -0.2) is 62.4 Å². The average Bonchev–Trinajstić information content (AvgIpc) is 3.57. The molecule has 2 aliphatic rings. The molecule has 2 aromatic heterocycles. The Bertz CT molecular complexity index is 1260. The van der Waals surface area contributed by atoms with Crippen LogP contribution in [0.25, 0.3) is 5.69 Å².